The van der Waals surface area contributed by atoms with E-state index in [0.29, 0.717) is 22.2 Å². The maximum absolute atomic E-state index is 14.6. The number of carbonyl (C=O) groups excluding carboxylic acids is 1. The van der Waals surface area contributed by atoms with Gasteiger partial charge < -0.3 is 11.1 Å². The van der Waals surface area contributed by atoms with Crippen molar-refractivity contribution in [3.05, 3.63) is 87.4 Å². The lowest BCUT2D eigenvalue weighted by atomic mass is 9.61. The Kier molecular flexibility index (Phi) is 7.68. The zero-order valence-corrected chi connectivity index (χ0v) is 25.2. The van der Waals surface area contributed by atoms with Crippen LogP contribution in [0.3, 0.4) is 0 Å². The minimum Gasteiger partial charge on any atom is -0.381 e. The van der Waals surface area contributed by atoms with Crippen molar-refractivity contribution < 1.29 is 4.79 Å². The van der Waals surface area contributed by atoms with Gasteiger partial charge in [0.05, 0.1) is 28.9 Å². The molecule has 15 heteroatoms. The molecule has 0 saturated carbocycles. The number of nitrogens with two attached hydrogens (primary N) is 1. The topological polar surface area (TPSA) is 125 Å². The first-order chi connectivity index (χ1) is 21.9. The van der Waals surface area contributed by atoms with Gasteiger partial charge >= 0.3 is 0 Å². The summed E-state index contributed by atoms with van der Waals surface area (Å²) in [6.45, 7) is 3.59. The average Bonchev–Trinajstić information content (AvgIpc) is 3.55. The molecule has 10 nitrogen and oxygen atoms in total. The van der Waals surface area contributed by atoms with Crippen LogP contribution in [-0.4, -0.2) is 74.1 Å². The minimum absolute atomic E-state index is 0.00931. The van der Waals surface area contributed by atoms with Gasteiger partial charge in [-0.1, -0.05) is 34.9 Å². The van der Waals surface area contributed by atoms with E-state index >= 15 is 0 Å². The molecule has 2 aromatic carbocycles. The highest BCUT2D eigenvalue weighted by Gasteiger charge is 2.25. The molecule has 1 amide bonds. The van der Waals surface area contributed by atoms with Crippen molar-refractivity contribution in [2.75, 3.05) is 5.73 Å². The Labute approximate surface area is 270 Å². The number of fused-ring (bicyclic) bond motifs is 2. The second kappa shape index (κ2) is 11.5. The summed E-state index contributed by atoms with van der Waals surface area (Å²) in [6, 6.07) is 7.86. The lowest BCUT2D eigenvalue weighted by Gasteiger charge is -2.27. The van der Waals surface area contributed by atoms with E-state index in [0.717, 1.165) is 5.69 Å². The van der Waals surface area contributed by atoms with Crippen molar-refractivity contribution >= 4 is 94.7 Å². The summed E-state index contributed by atoms with van der Waals surface area (Å²) >= 11 is 0. The fraction of sp³-hybridized carbons (Fsp3) is 0.129. The van der Waals surface area contributed by atoms with Gasteiger partial charge in [-0.25, -0.2) is 9.50 Å². The van der Waals surface area contributed by atoms with E-state index in [-0.39, 0.29) is 55.4 Å². The molecule has 6 aromatic rings. The molecule has 1 atom stereocenters. The number of nitrogens with zero attached hydrogens (tertiary/aromatic N) is 6. The van der Waals surface area contributed by atoms with Crippen LogP contribution in [0.2, 0.25) is 0 Å². The lowest BCUT2D eigenvalue weighted by molar-refractivity contribution is 0.0941. The van der Waals surface area contributed by atoms with Gasteiger partial charge in [0.1, 0.15) is 44.8 Å². The van der Waals surface area contributed by atoms with Gasteiger partial charge in [0.15, 0.2) is 11.5 Å². The summed E-state index contributed by atoms with van der Waals surface area (Å²) in [5, 5.41) is 12.1. The van der Waals surface area contributed by atoms with Crippen LogP contribution in [0.25, 0.3) is 22.1 Å². The number of carbonyl (C=O) groups is 1. The van der Waals surface area contributed by atoms with E-state index < -0.39 is 17.5 Å². The Hall–Kier alpha value is -5.37. The van der Waals surface area contributed by atoms with Crippen LogP contribution in [0.15, 0.2) is 53.7 Å². The quantitative estimate of drug-likeness (QED) is 0.173. The number of pyridine rings is 1. The number of amides is 1. The van der Waals surface area contributed by atoms with Crippen molar-refractivity contribution in [1.29, 1.82) is 0 Å². The van der Waals surface area contributed by atoms with E-state index in [1.165, 1.54) is 15.3 Å². The predicted octanol–water partition coefficient (Wildman–Crippen LogP) is -2.48. The maximum atomic E-state index is 14.6. The number of benzene rings is 2. The number of aromatic nitrogens is 6. The summed E-state index contributed by atoms with van der Waals surface area (Å²) in [6.07, 6.45) is 4.80. The first-order valence-corrected chi connectivity index (χ1v) is 14.0. The van der Waals surface area contributed by atoms with Crippen molar-refractivity contribution in [2.24, 2.45) is 7.05 Å². The van der Waals surface area contributed by atoms with Gasteiger partial charge in [0.2, 0.25) is 0 Å². The number of hydrogen-bond donors (Lipinski definition) is 2. The molecule has 0 spiro atoms. The molecule has 0 aliphatic rings. The van der Waals surface area contributed by atoms with Gasteiger partial charge in [-0.2, -0.15) is 5.10 Å². The van der Waals surface area contributed by atoms with Crippen molar-refractivity contribution in [2.45, 2.75) is 19.9 Å². The summed E-state index contributed by atoms with van der Waals surface area (Å²) in [7, 11) is 33.2. The van der Waals surface area contributed by atoms with Gasteiger partial charge in [-0.3, -0.25) is 18.8 Å². The van der Waals surface area contributed by atoms with Crippen LogP contribution in [0.1, 0.15) is 45.8 Å². The number of nitrogen functional groups attached to an aromatic ring is 1. The third-order valence-corrected chi connectivity index (χ3v) is 7.98. The molecule has 0 aliphatic carbocycles. The van der Waals surface area contributed by atoms with E-state index in [4.69, 9.17) is 45.0 Å². The zero-order chi connectivity index (χ0) is 33.0. The van der Waals surface area contributed by atoms with Crippen molar-refractivity contribution in [1.82, 2.24) is 34.3 Å². The SMILES string of the molecule is [B]c1c([B])c([B])c(-n2c([C@@H](C)NC(=O)c3c(N)nn4cccnc34)cc3cccc(C#Cc4cnn(C)c4C)c3c2=O)c([B])c1[B]. The van der Waals surface area contributed by atoms with E-state index in [2.05, 4.69) is 32.3 Å². The molecule has 4 heterocycles. The second-order valence-corrected chi connectivity index (χ2v) is 10.8. The van der Waals surface area contributed by atoms with Crippen LogP contribution in [0.5, 0.6) is 0 Å². The van der Waals surface area contributed by atoms with Crippen molar-refractivity contribution in [3.63, 3.8) is 0 Å². The Morgan fingerprint density at radius 3 is 2.35 bits per heavy atom. The predicted molar refractivity (Wildman–Crippen MR) is 184 cm³/mol. The summed E-state index contributed by atoms with van der Waals surface area (Å²) in [5.41, 5.74) is 8.05. The number of hydrogen-bond acceptors (Lipinski definition) is 6. The normalized spacial score (nSPS) is 11.8. The fourth-order valence-corrected chi connectivity index (χ4v) is 5.33. The van der Waals surface area contributed by atoms with Gasteiger partial charge in [-0.05, 0) is 37.4 Å². The Morgan fingerprint density at radius 1 is 1.00 bits per heavy atom. The van der Waals surface area contributed by atoms with Crippen LogP contribution in [0.4, 0.5) is 5.82 Å². The van der Waals surface area contributed by atoms with Gasteiger partial charge in [-0.15, -0.1) is 21.5 Å². The second-order valence-electron chi connectivity index (χ2n) is 10.8. The number of nitrogens with one attached hydrogen (secondary N) is 1. The van der Waals surface area contributed by atoms with Crippen molar-refractivity contribution in [3.8, 4) is 17.5 Å². The molecule has 0 bridgehead atoms. The van der Waals surface area contributed by atoms with Crippen LogP contribution in [-0.2, 0) is 7.05 Å². The van der Waals surface area contributed by atoms with E-state index in [1.807, 2.05) is 14.0 Å². The third-order valence-electron chi connectivity index (χ3n) is 7.98. The largest absolute Gasteiger partial charge is 0.381 e. The Bertz CT molecular complexity index is 2340. The molecule has 10 radical (unpaired) electrons. The molecule has 0 unspecified atom stereocenters. The number of anilines is 1. The zero-order valence-electron chi connectivity index (χ0n) is 25.2. The first kappa shape index (κ1) is 30.7. The monoisotopic (exact) mass is 592 g/mol. The maximum Gasteiger partial charge on any atom is 0.264 e. The molecule has 212 valence electrons. The highest BCUT2D eigenvalue weighted by molar-refractivity contribution is 6.68. The molecule has 6 rings (SSSR count). The third kappa shape index (κ3) is 4.90. The van der Waals surface area contributed by atoms with Crippen LogP contribution < -0.4 is 43.9 Å². The van der Waals surface area contributed by atoms with Crippen LogP contribution in [0, 0.1) is 18.8 Å². The fourth-order valence-electron chi connectivity index (χ4n) is 5.33. The molecule has 0 aliphatic heterocycles. The number of rotatable bonds is 4. The summed E-state index contributed by atoms with van der Waals surface area (Å²) < 4.78 is 4.39. The average molecular weight is 592 g/mol. The molecule has 3 N–H and O–H groups in total. The number of aryl methyl sites for hydroxylation is 1. The molecule has 0 saturated heterocycles. The van der Waals surface area contributed by atoms with Crippen LogP contribution >= 0.6 is 0 Å². The summed E-state index contributed by atoms with van der Waals surface area (Å²) in [5.74, 6) is 5.64. The molecular weight excluding hydrogens is 570 g/mol. The lowest BCUT2D eigenvalue weighted by Crippen LogP contribution is -2.57. The Balaban J connectivity index is 1.58. The molecular formula is C31H21B5N8O2. The standard InChI is InChI=1S/C31H21B5N8O2/c1-14(40-30(45)21-28(37)41-43-11-5-10-38-29(21)43)19-12-17-7-4-6-16(8-9-18-13-39-42(3)15(18)2)20(17)31(46)44(19)27-25(35)23(33)22(32)24(34)26(27)36/h4-7,10-14H,1-3H3,(H2,37,41)(H,40,45)/t14-/m1/s1. The molecule has 46 heavy (non-hydrogen) atoms. The van der Waals surface area contributed by atoms with E-state index in [1.54, 1.807) is 54.3 Å². The highest BCUT2D eigenvalue weighted by Crippen LogP contribution is 2.24. The highest BCUT2D eigenvalue weighted by atomic mass is 16.2. The van der Waals surface area contributed by atoms with Gasteiger partial charge in [0.25, 0.3) is 11.5 Å². The Morgan fingerprint density at radius 2 is 1.67 bits per heavy atom. The smallest absolute Gasteiger partial charge is 0.264 e. The first-order valence-electron chi connectivity index (χ1n) is 14.0. The van der Waals surface area contributed by atoms with E-state index in [9.17, 15) is 9.59 Å². The molecule has 0 fully saturated rings. The van der Waals surface area contributed by atoms with Gasteiger partial charge in [0, 0.05) is 36.4 Å². The molecule has 4 aromatic heterocycles. The minimum atomic E-state index is -0.825. The summed E-state index contributed by atoms with van der Waals surface area (Å²) in [4.78, 5) is 32.5.